The summed E-state index contributed by atoms with van der Waals surface area (Å²) in [5.41, 5.74) is 0.341. The smallest absolute Gasteiger partial charge is 0.338 e. The van der Waals surface area contributed by atoms with Crippen molar-refractivity contribution in [3.8, 4) is 0 Å². The van der Waals surface area contributed by atoms with Gasteiger partial charge >= 0.3 is 5.97 Å². The van der Waals surface area contributed by atoms with E-state index >= 15 is 0 Å². The summed E-state index contributed by atoms with van der Waals surface area (Å²) in [5, 5.41) is 0. The second-order valence-electron chi connectivity index (χ2n) is 2.79. The van der Waals surface area contributed by atoms with E-state index in [1.54, 1.807) is 30.3 Å². The van der Waals surface area contributed by atoms with E-state index in [9.17, 15) is 13.2 Å². The fourth-order valence-corrected chi connectivity index (χ4v) is 1.19. The summed E-state index contributed by atoms with van der Waals surface area (Å²) in [6.07, 6.45) is 0. The number of esters is 1. The van der Waals surface area contributed by atoms with Gasteiger partial charge in [0.2, 0.25) is 0 Å². The Balaban J connectivity index is 2.45. The minimum atomic E-state index is -4.08. The highest BCUT2D eigenvalue weighted by Crippen LogP contribution is 2.00. The fourth-order valence-electron chi connectivity index (χ4n) is 0.897. The van der Waals surface area contributed by atoms with E-state index in [2.05, 4.69) is 4.74 Å². The quantitative estimate of drug-likeness (QED) is 0.609. The van der Waals surface area contributed by atoms with E-state index in [1.165, 1.54) is 0 Å². The molecule has 1 aromatic rings. The lowest BCUT2D eigenvalue weighted by Crippen LogP contribution is -2.14. The minimum Gasteiger partial charge on any atom is -0.461 e. The number of benzene rings is 1. The maximum absolute atomic E-state index is 11.2. The molecule has 0 bridgehead atoms. The van der Waals surface area contributed by atoms with E-state index in [-0.39, 0.29) is 6.61 Å². The first-order valence-electron chi connectivity index (χ1n) is 4.16. The van der Waals surface area contributed by atoms with Crippen LogP contribution in [0.5, 0.6) is 0 Å². The van der Waals surface area contributed by atoms with Crippen molar-refractivity contribution in [1.29, 1.82) is 0 Å². The predicted molar refractivity (Wildman–Crippen MR) is 53.1 cm³/mol. The average Bonchev–Trinajstić information content (AvgIpc) is 2.17. The van der Waals surface area contributed by atoms with E-state index in [0.29, 0.717) is 5.56 Å². The van der Waals surface area contributed by atoms with Gasteiger partial charge in [0.1, 0.15) is 12.4 Å². The lowest BCUT2D eigenvalue weighted by Gasteiger charge is -2.02. The topological polar surface area (TPSA) is 80.7 Å². The maximum Gasteiger partial charge on any atom is 0.338 e. The van der Waals surface area contributed by atoms with Crippen molar-refractivity contribution in [3.63, 3.8) is 0 Å². The van der Waals surface area contributed by atoms with Crippen molar-refractivity contribution in [2.45, 2.75) is 0 Å². The number of rotatable bonds is 4. The third kappa shape index (κ3) is 4.57. The molecule has 0 amide bonds. The molecule has 0 spiro atoms. The summed E-state index contributed by atoms with van der Waals surface area (Å²) in [6, 6.07) is 8.18. The Morgan fingerprint density at radius 3 is 2.40 bits per heavy atom. The van der Waals surface area contributed by atoms with Gasteiger partial charge in [-0.15, -0.1) is 0 Å². The molecule has 0 aliphatic heterocycles. The zero-order valence-electron chi connectivity index (χ0n) is 7.79. The predicted octanol–water partition coefficient (Wildman–Crippen LogP) is 0.731. The van der Waals surface area contributed by atoms with Crippen molar-refractivity contribution in [2.75, 3.05) is 12.4 Å². The van der Waals surface area contributed by atoms with Crippen molar-refractivity contribution < 1.29 is 22.5 Å². The van der Waals surface area contributed by atoms with Crippen LogP contribution in [0.2, 0.25) is 0 Å². The van der Waals surface area contributed by atoms with Gasteiger partial charge in [-0.25, -0.2) is 4.79 Å². The summed E-state index contributed by atoms with van der Waals surface area (Å²) in [7, 11) is -4.08. The molecule has 0 heterocycles. The van der Waals surface area contributed by atoms with Crippen molar-refractivity contribution in [3.05, 3.63) is 35.9 Å². The van der Waals surface area contributed by atoms with Crippen LogP contribution in [0.4, 0.5) is 0 Å². The minimum absolute atomic E-state index is 0.341. The van der Waals surface area contributed by atoms with Crippen LogP contribution in [0, 0.1) is 0 Å². The standard InChI is InChI=1S/C9H10O5S/c10-9(8-4-2-1-3-5-8)14-6-7-15(11,12)13/h1-5H,6-7H2,(H,11,12,13). The van der Waals surface area contributed by atoms with Crippen LogP contribution in [0.25, 0.3) is 0 Å². The van der Waals surface area contributed by atoms with Crippen LogP contribution in [0.1, 0.15) is 10.4 Å². The third-order valence-corrected chi connectivity index (χ3v) is 2.27. The largest absolute Gasteiger partial charge is 0.461 e. The van der Waals surface area contributed by atoms with Gasteiger partial charge < -0.3 is 4.74 Å². The molecular formula is C9H10O5S. The first-order valence-corrected chi connectivity index (χ1v) is 5.77. The zero-order chi connectivity index (χ0) is 11.3. The van der Waals surface area contributed by atoms with Crippen LogP contribution in [-0.2, 0) is 14.9 Å². The lowest BCUT2D eigenvalue weighted by molar-refractivity contribution is 0.0528. The van der Waals surface area contributed by atoms with E-state index in [1.807, 2.05) is 0 Å². The number of hydrogen-bond acceptors (Lipinski definition) is 4. The molecular weight excluding hydrogens is 220 g/mol. The van der Waals surface area contributed by atoms with E-state index in [0.717, 1.165) is 0 Å². The van der Waals surface area contributed by atoms with Gasteiger partial charge in [0.25, 0.3) is 10.1 Å². The van der Waals surface area contributed by atoms with Crippen molar-refractivity contribution >= 4 is 16.1 Å². The van der Waals surface area contributed by atoms with E-state index < -0.39 is 21.8 Å². The highest BCUT2D eigenvalue weighted by Gasteiger charge is 2.09. The number of carbonyl (C=O) groups is 1. The molecule has 0 saturated carbocycles. The highest BCUT2D eigenvalue weighted by molar-refractivity contribution is 7.85. The molecule has 1 rings (SSSR count). The SMILES string of the molecule is O=C(OCCS(=O)(=O)O)c1ccccc1. The molecule has 0 aliphatic rings. The summed E-state index contributed by atoms with van der Waals surface area (Å²) in [5.74, 6) is -1.20. The molecule has 0 unspecified atom stereocenters. The molecule has 0 saturated heterocycles. The summed E-state index contributed by atoms with van der Waals surface area (Å²) < 4.78 is 33.6. The summed E-state index contributed by atoms with van der Waals surface area (Å²) in [6.45, 7) is -0.355. The van der Waals surface area contributed by atoms with Crippen LogP contribution in [0.15, 0.2) is 30.3 Å². The Kier molecular flexibility index (Phi) is 3.81. The molecule has 0 radical (unpaired) electrons. The Hall–Kier alpha value is -1.40. The van der Waals surface area contributed by atoms with Gasteiger partial charge in [-0.1, -0.05) is 18.2 Å². The van der Waals surface area contributed by atoms with Crippen LogP contribution >= 0.6 is 0 Å². The monoisotopic (exact) mass is 230 g/mol. The first-order chi connectivity index (χ1) is 6.99. The average molecular weight is 230 g/mol. The number of carbonyl (C=O) groups excluding carboxylic acids is 1. The van der Waals surface area contributed by atoms with Gasteiger partial charge in [-0.3, -0.25) is 4.55 Å². The van der Waals surface area contributed by atoms with Crippen molar-refractivity contribution in [2.24, 2.45) is 0 Å². The summed E-state index contributed by atoms with van der Waals surface area (Å²) in [4.78, 5) is 11.2. The molecule has 82 valence electrons. The molecule has 0 aliphatic carbocycles. The molecule has 6 heteroatoms. The van der Waals surface area contributed by atoms with Crippen LogP contribution in [0.3, 0.4) is 0 Å². The Morgan fingerprint density at radius 2 is 1.87 bits per heavy atom. The Labute approximate surface area is 87.4 Å². The molecule has 1 N–H and O–H groups in total. The first kappa shape index (κ1) is 11.7. The van der Waals surface area contributed by atoms with Gasteiger partial charge in [0.15, 0.2) is 0 Å². The second kappa shape index (κ2) is 4.90. The van der Waals surface area contributed by atoms with Crippen molar-refractivity contribution in [1.82, 2.24) is 0 Å². The molecule has 0 fully saturated rings. The summed E-state index contributed by atoms with van der Waals surface area (Å²) >= 11 is 0. The fraction of sp³-hybridized carbons (Fsp3) is 0.222. The number of hydrogen-bond donors (Lipinski definition) is 1. The molecule has 0 atom stereocenters. The highest BCUT2D eigenvalue weighted by atomic mass is 32.2. The van der Waals surface area contributed by atoms with Crippen LogP contribution in [-0.4, -0.2) is 31.3 Å². The van der Waals surface area contributed by atoms with E-state index in [4.69, 9.17) is 4.55 Å². The Morgan fingerprint density at radius 1 is 1.27 bits per heavy atom. The molecule has 0 aromatic heterocycles. The van der Waals surface area contributed by atoms with Gasteiger partial charge in [0, 0.05) is 0 Å². The lowest BCUT2D eigenvalue weighted by atomic mass is 10.2. The second-order valence-corrected chi connectivity index (χ2v) is 4.36. The number of ether oxygens (including phenoxy) is 1. The molecule has 15 heavy (non-hydrogen) atoms. The van der Waals surface area contributed by atoms with Gasteiger partial charge in [-0.05, 0) is 12.1 Å². The zero-order valence-corrected chi connectivity index (χ0v) is 8.61. The third-order valence-electron chi connectivity index (χ3n) is 1.58. The van der Waals surface area contributed by atoms with Gasteiger partial charge in [-0.2, -0.15) is 8.42 Å². The molecule has 1 aromatic carbocycles. The normalized spacial score (nSPS) is 11.0. The Bertz CT molecular complexity index is 423. The maximum atomic E-state index is 11.2. The molecule has 5 nitrogen and oxygen atoms in total. The van der Waals surface area contributed by atoms with Gasteiger partial charge in [0.05, 0.1) is 5.56 Å². The van der Waals surface area contributed by atoms with Crippen LogP contribution < -0.4 is 0 Å².